The van der Waals surface area contributed by atoms with Crippen LogP contribution < -0.4 is 0 Å². The van der Waals surface area contributed by atoms with Crippen LogP contribution in [0.5, 0.6) is 0 Å². The summed E-state index contributed by atoms with van der Waals surface area (Å²) >= 11 is 1.35. The minimum atomic E-state index is -0.844. The number of nitrogens with zero attached hydrogens (tertiary/aromatic N) is 2. The maximum Gasteiger partial charge on any atom is 0.347 e. The second kappa shape index (κ2) is 6.68. The van der Waals surface area contributed by atoms with Gasteiger partial charge < -0.3 is 5.11 Å². The molecule has 4 nitrogen and oxygen atoms in total. The summed E-state index contributed by atoms with van der Waals surface area (Å²) in [7, 11) is 0. The molecule has 0 aliphatic carbocycles. The molecule has 0 aromatic carbocycles. The van der Waals surface area contributed by atoms with Gasteiger partial charge in [0.2, 0.25) is 0 Å². The minimum Gasteiger partial charge on any atom is -0.477 e. The number of hydrogen-bond acceptors (Lipinski definition) is 4. The zero-order valence-electron chi connectivity index (χ0n) is 12.6. The molecule has 5 heteroatoms. The van der Waals surface area contributed by atoms with Crippen LogP contribution in [0.2, 0.25) is 0 Å². The molecular weight excluding hydrogens is 272 g/mol. The van der Waals surface area contributed by atoms with Crippen molar-refractivity contribution < 1.29 is 9.90 Å². The number of rotatable bonds is 5. The van der Waals surface area contributed by atoms with Crippen LogP contribution in [0.15, 0.2) is 0 Å². The summed E-state index contributed by atoms with van der Waals surface area (Å²) in [6, 6.07) is 0.628. The second-order valence-corrected chi connectivity index (χ2v) is 6.89. The predicted octanol–water partition coefficient (Wildman–Crippen LogP) is 3.73. The summed E-state index contributed by atoms with van der Waals surface area (Å²) in [5, 5.41) is 10.2. The molecule has 1 saturated heterocycles. The zero-order valence-corrected chi connectivity index (χ0v) is 13.4. The van der Waals surface area contributed by atoms with Crippen LogP contribution in [0.3, 0.4) is 0 Å². The third-order valence-corrected chi connectivity index (χ3v) is 5.04. The Hall–Kier alpha value is -0.940. The Morgan fingerprint density at radius 2 is 2.25 bits per heavy atom. The Morgan fingerprint density at radius 3 is 2.80 bits per heavy atom. The molecule has 0 radical (unpaired) electrons. The number of carboxylic acids is 1. The summed E-state index contributed by atoms with van der Waals surface area (Å²) in [6.07, 6.45) is 4.97. The summed E-state index contributed by atoms with van der Waals surface area (Å²) in [4.78, 5) is 18.8. The molecule has 1 fully saturated rings. The van der Waals surface area contributed by atoms with Crippen molar-refractivity contribution in [2.24, 2.45) is 0 Å². The van der Waals surface area contributed by atoms with Gasteiger partial charge in [0.1, 0.15) is 9.88 Å². The number of piperidine rings is 1. The van der Waals surface area contributed by atoms with Gasteiger partial charge in [-0.3, -0.25) is 4.90 Å². The van der Waals surface area contributed by atoms with Crippen LogP contribution in [0.4, 0.5) is 0 Å². The van der Waals surface area contributed by atoms with E-state index in [0.717, 1.165) is 30.2 Å². The van der Waals surface area contributed by atoms with Crippen LogP contribution in [0.1, 0.15) is 72.7 Å². The summed E-state index contributed by atoms with van der Waals surface area (Å²) in [5.74, 6) is -0.683. The van der Waals surface area contributed by atoms with Crippen LogP contribution in [-0.2, 0) is 6.54 Å². The number of likely N-dealkylation sites (tertiary alicyclic amines) is 1. The van der Waals surface area contributed by atoms with E-state index in [2.05, 4.69) is 16.8 Å². The number of aromatic nitrogens is 1. The molecule has 20 heavy (non-hydrogen) atoms. The smallest absolute Gasteiger partial charge is 0.347 e. The van der Waals surface area contributed by atoms with Gasteiger partial charge in [0.15, 0.2) is 0 Å². The number of carboxylic acid groups (broad SMARTS) is 1. The first-order valence-corrected chi connectivity index (χ1v) is 8.31. The van der Waals surface area contributed by atoms with Crippen molar-refractivity contribution in [2.75, 3.05) is 6.54 Å². The molecule has 0 saturated carbocycles. The maximum absolute atomic E-state index is 11.3. The molecule has 0 bridgehead atoms. The Kier molecular flexibility index (Phi) is 5.16. The molecule has 1 atom stereocenters. The van der Waals surface area contributed by atoms with Gasteiger partial charge >= 0.3 is 5.97 Å². The van der Waals surface area contributed by atoms with Gasteiger partial charge in [0.05, 0.1) is 12.2 Å². The Bertz CT molecular complexity index is 470. The van der Waals surface area contributed by atoms with Gasteiger partial charge in [-0.25, -0.2) is 9.78 Å². The van der Waals surface area contributed by atoms with Crippen molar-refractivity contribution in [2.45, 2.75) is 65.0 Å². The van der Waals surface area contributed by atoms with E-state index in [0.29, 0.717) is 10.9 Å². The Morgan fingerprint density at radius 1 is 1.50 bits per heavy atom. The topological polar surface area (TPSA) is 53.4 Å². The van der Waals surface area contributed by atoms with Gasteiger partial charge in [-0.05, 0) is 31.7 Å². The lowest BCUT2D eigenvalue weighted by Gasteiger charge is -2.34. The first-order valence-electron chi connectivity index (χ1n) is 7.49. The lowest BCUT2D eigenvalue weighted by Crippen LogP contribution is -2.38. The molecule has 112 valence electrons. The molecule has 1 aliphatic rings. The molecule has 0 spiro atoms. The molecule has 2 rings (SSSR count). The fourth-order valence-electron chi connectivity index (χ4n) is 2.89. The van der Waals surface area contributed by atoms with Crippen molar-refractivity contribution in [3.63, 3.8) is 0 Å². The Labute approximate surface area is 124 Å². The van der Waals surface area contributed by atoms with Crippen molar-refractivity contribution in [1.82, 2.24) is 9.88 Å². The van der Waals surface area contributed by atoms with Gasteiger partial charge in [-0.15, -0.1) is 11.3 Å². The highest BCUT2D eigenvalue weighted by atomic mass is 32.1. The van der Waals surface area contributed by atoms with E-state index in [1.165, 1.54) is 30.6 Å². The molecule has 0 amide bonds. The standard InChI is InChI=1S/C15H24N2O2S/c1-4-11-7-5-6-8-17(11)9-12-16-13(10(2)3)14(20-12)15(18)19/h10-11H,4-9H2,1-3H3,(H,18,19). The molecular formula is C15H24N2O2S. The average Bonchev–Trinajstić information content (AvgIpc) is 2.84. The number of thiazole rings is 1. The van der Waals surface area contributed by atoms with Crippen LogP contribution in [-0.4, -0.2) is 33.5 Å². The quantitative estimate of drug-likeness (QED) is 0.899. The third kappa shape index (κ3) is 3.38. The van der Waals surface area contributed by atoms with Crippen LogP contribution in [0, 0.1) is 0 Å². The molecule has 1 aliphatic heterocycles. The first kappa shape index (κ1) is 15.4. The fraction of sp³-hybridized carbons (Fsp3) is 0.733. The number of hydrogen-bond donors (Lipinski definition) is 1. The largest absolute Gasteiger partial charge is 0.477 e. The lowest BCUT2D eigenvalue weighted by atomic mass is 10.0. The van der Waals surface area contributed by atoms with Crippen molar-refractivity contribution >= 4 is 17.3 Å². The summed E-state index contributed by atoms with van der Waals surface area (Å²) < 4.78 is 0. The van der Waals surface area contributed by atoms with Crippen LogP contribution in [0.25, 0.3) is 0 Å². The second-order valence-electron chi connectivity index (χ2n) is 5.81. The van der Waals surface area contributed by atoms with E-state index in [9.17, 15) is 9.90 Å². The van der Waals surface area contributed by atoms with E-state index in [4.69, 9.17) is 0 Å². The molecule has 1 aromatic rings. The van der Waals surface area contributed by atoms with Gasteiger partial charge in [0.25, 0.3) is 0 Å². The average molecular weight is 296 g/mol. The first-order chi connectivity index (χ1) is 9.52. The molecule has 2 heterocycles. The van der Waals surface area contributed by atoms with E-state index in [1.807, 2.05) is 13.8 Å². The predicted molar refractivity (Wildman–Crippen MR) is 81.5 cm³/mol. The third-order valence-electron chi connectivity index (χ3n) is 4.00. The number of carbonyl (C=O) groups is 1. The monoisotopic (exact) mass is 296 g/mol. The van der Waals surface area contributed by atoms with Gasteiger partial charge in [0, 0.05) is 6.04 Å². The van der Waals surface area contributed by atoms with Crippen molar-refractivity contribution in [3.8, 4) is 0 Å². The van der Waals surface area contributed by atoms with Crippen LogP contribution >= 0.6 is 11.3 Å². The molecule has 1 N–H and O–H groups in total. The molecule has 1 aromatic heterocycles. The van der Waals surface area contributed by atoms with Crippen molar-refractivity contribution in [3.05, 3.63) is 15.6 Å². The van der Waals surface area contributed by atoms with Crippen molar-refractivity contribution in [1.29, 1.82) is 0 Å². The maximum atomic E-state index is 11.3. The fourth-order valence-corrected chi connectivity index (χ4v) is 3.98. The highest BCUT2D eigenvalue weighted by molar-refractivity contribution is 7.13. The Balaban J connectivity index is 2.16. The van der Waals surface area contributed by atoms with E-state index < -0.39 is 5.97 Å². The highest BCUT2D eigenvalue weighted by Gasteiger charge is 2.24. The summed E-state index contributed by atoms with van der Waals surface area (Å²) in [5.41, 5.74) is 0.738. The summed E-state index contributed by atoms with van der Waals surface area (Å²) in [6.45, 7) is 8.14. The van der Waals surface area contributed by atoms with Gasteiger partial charge in [-0.2, -0.15) is 0 Å². The minimum absolute atomic E-state index is 0.162. The normalized spacial score (nSPS) is 20.5. The highest BCUT2D eigenvalue weighted by Crippen LogP contribution is 2.28. The SMILES string of the molecule is CCC1CCCCN1Cc1nc(C(C)C)c(C(=O)O)s1. The van der Waals surface area contributed by atoms with E-state index >= 15 is 0 Å². The lowest BCUT2D eigenvalue weighted by molar-refractivity contribution is 0.0700. The zero-order chi connectivity index (χ0) is 14.7. The van der Waals surface area contributed by atoms with Gasteiger partial charge in [-0.1, -0.05) is 27.2 Å². The molecule has 1 unspecified atom stereocenters. The number of aromatic carboxylic acids is 1. The van der Waals surface area contributed by atoms with E-state index in [1.54, 1.807) is 0 Å². The van der Waals surface area contributed by atoms with E-state index in [-0.39, 0.29) is 5.92 Å².